The van der Waals surface area contributed by atoms with Crippen molar-refractivity contribution in [3.63, 3.8) is 0 Å². The zero-order valence-corrected chi connectivity index (χ0v) is 23.5. The maximum atomic E-state index is 13.7. The van der Waals surface area contributed by atoms with Gasteiger partial charge in [0.2, 0.25) is 5.91 Å². The van der Waals surface area contributed by atoms with Crippen LogP contribution < -0.4 is 25.4 Å². The first-order chi connectivity index (χ1) is 20.3. The fourth-order valence-corrected chi connectivity index (χ4v) is 6.04. The molecule has 0 spiro atoms. The number of hydrogen-bond donors (Lipinski definition) is 2. The molecule has 10 nitrogen and oxygen atoms in total. The van der Waals surface area contributed by atoms with Crippen molar-refractivity contribution in [1.29, 1.82) is 0 Å². The lowest BCUT2D eigenvalue weighted by Gasteiger charge is -2.24. The Bertz CT molecular complexity index is 1610. The fourth-order valence-electron chi connectivity index (χ4n) is 6.04. The van der Waals surface area contributed by atoms with Gasteiger partial charge in [-0.2, -0.15) is 0 Å². The average molecular weight is 569 g/mol. The van der Waals surface area contributed by atoms with Crippen molar-refractivity contribution in [3.8, 4) is 11.5 Å². The van der Waals surface area contributed by atoms with Crippen LogP contribution in [-0.4, -0.2) is 48.3 Å². The SMILES string of the molecule is COc1ccc(N2C(=O)c3cc(CN4C(=O)c5ccc(NC(=O)CN)cc5C4=O)ccc3C2C)cc1OC1CCCC1. The number of carbonyl (C=O) groups excluding carboxylic acids is 4. The smallest absolute Gasteiger partial charge is 0.261 e. The van der Waals surface area contributed by atoms with Crippen molar-refractivity contribution in [3.05, 3.63) is 82.4 Å². The standard InChI is InChI=1S/C32H32N4O6/c1-18-23-10-7-19(17-35-30(38)24-11-8-20(34-29(37)16-33)14-26(24)31(35)39)13-25(23)32(40)36(18)21-9-12-27(41-2)28(15-21)42-22-5-3-4-6-22/h7-15,18,22H,3-6,16-17,33H2,1-2H3,(H,34,37). The summed E-state index contributed by atoms with van der Waals surface area (Å²) in [4.78, 5) is 54.6. The van der Waals surface area contributed by atoms with Gasteiger partial charge in [0.15, 0.2) is 11.5 Å². The van der Waals surface area contributed by atoms with Gasteiger partial charge < -0.3 is 25.4 Å². The molecule has 3 aliphatic rings. The number of nitrogens with two attached hydrogens (primary N) is 1. The Kier molecular flexibility index (Phi) is 7.16. The van der Waals surface area contributed by atoms with E-state index in [0.29, 0.717) is 34.0 Å². The highest BCUT2D eigenvalue weighted by molar-refractivity contribution is 6.22. The minimum atomic E-state index is -0.464. The number of rotatable bonds is 8. The number of methoxy groups -OCH3 is 1. The van der Waals surface area contributed by atoms with Crippen LogP contribution >= 0.6 is 0 Å². The molecule has 0 radical (unpaired) electrons. The predicted molar refractivity (Wildman–Crippen MR) is 156 cm³/mol. The number of hydrogen-bond acceptors (Lipinski definition) is 7. The number of nitrogens with zero attached hydrogens (tertiary/aromatic N) is 2. The topological polar surface area (TPSA) is 131 Å². The summed E-state index contributed by atoms with van der Waals surface area (Å²) in [5.41, 5.74) is 8.97. The molecule has 10 heteroatoms. The summed E-state index contributed by atoms with van der Waals surface area (Å²) in [6, 6.07) is 15.3. The van der Waals surface area contributed by atoms with Crippen LogP contribution in [0.25, 0.3) is 0 Å². The van der Waals surface area contributed by atoms with Crippen molar-refractivity contribution in [2.75, 3.05) is 23.9 Å². The molecule has 1 atom stereocenters. The van der Waals surface area contributed by atoms with E-state index in [2.05, 4.69) is 5.32 Å². The molecule has 1 aliphatic carbocycles. The first-order valence-electron chi connectivity index (χ1n) is 14.1. The molecule has 0 aromatic heterocycles. The highest BCUT2D eigenvalue weighted by Gasteiger charge is 2.38. The highest BCUT2D eigenvalue weighted by Crippen LogP contribution is 2.42. The third-order valence-corrected chi connectivity index (χ3v) is 8.21. The van der Waals surface area contributed by atoms with Crippen molar-refractivity contribution >= 4 is 35.0 Å². The highest BCUT2D eigenvalue weighted by atomic mass is 16.5. The second-order valence-electron chi connectivity index (χ2n) is 10.8. The van der Waals surface area contributed by atoms with E-state index in [4.69, 9.17) is 15.2 Å². The van der Waals surface area contributed by atoms with Crippen LogP contribution in [0.1, 0.15) is 80.8 Å². The lowest BCUT2D eigenvalue weighted by atomic mass is 10.0. The number of anilines is 2. The minimum Gasteiger partial charge on any atom is -0.493 e. The van der Waals surface area contributed by atoms with Crippen LogP contribution in [0.15, 0.2) is 54.6 Å². The van der Waals surface area contributed by atoms with Gasteiger partial charge in [0, 0.05) is 23.0 Å². The minimum absolute atomic E-state index is 0.00763. The Labute approximate surface area is 243 Å². The van der Waals surface area contributed by atoms with Gasteiger partial charge in [-0.15, -0.1) is 0 Å². The van der Waals surface area contributed by atoms with Crippen molar-refractivity contribution < 1.29 is 28.7 Å². The zero-order chi connectivity index (χ0) is 29.5. The Morgan fingerprint density at radius 2 is 1.67 bits per heavy atom. The first-order valence-corrected chi connectivity index (χ1v) is 14.1. The molecule has 3 N–H and O–H groups in total. The van der Waals surface area contributed by atoms with E-state index in [1.807, 2.05) is 37.3 Å². The number of nitrogens with one attached hydrogen (secondary N) is 1. The molecule has 42 heavy (non-hydrogen) atoms. The fraction of sp³-hybridized carbons (Fsp3) is 0.312. The Hall–Kier alpha value is -4.70. The summed E-state index contributed by atoms with van der Waals surface area (Å²) >= 11 is 0. The van der Waals surface area contributed by atoms with E-state index in [-0.39, 0.29) is 42.3 Å². The summed E-state index contributed by atoms with van der Waals surface area (Å²) in [5, 5.41) is 2.60. The second kappa shape index (κ2) is 10.9. The molecule has 2 aliphatic heterocycles. The maximum absolute atomic E-state index is 13.7. The van der Waals surface area contributed by atoms with Gasteiger partial charge in [-0.3, -0.25) is 24.1 Å². The Morgan fingerprint density at radius 3 is 2.40 bits per heavy atom. The molecule has 4 amide bonds. The lowest BCUT2D eigenvalue weighted by Crippen LogP contribution is -2.29. The van der Waals surface area contributed by atoms with E-state index in [0.717, 1.165) is 36.1 Å². The Morgan fingerprint density at radius 1 is 0.905 bits per heavy atom. The molecule has 3 aromatic rings. The lowest BCUT2D eigenvalue weighted by molar-refractivity contribution is -0.114. The van der Waals surface area contributed by atoms with Crippen molar-refractivity contribution in [2.24, 2.45) is 5.73 Å². The van der Waals surface area contributed by atoms with Gasteiger partial charge in [0.1, 0.15) is 0 Å². The average Bonchev–Trinajstić information content (AvgIpc) is 3.66. The number of benzene rings is 3. The zero-order valence-electron chi connectivity index (χ0n) is 23.5. The normalized spacial score (nSPS) is 18.0. The van der Waals surface area contributed by atoms with Crippen LogP contribution in [0.2, 0.25) is 0 Å². The maximum Gasteiger partial charge on any atom is 0.261 e. The number of amides is 4. The van der Waals surface area contributed by atoms with Gasteiger partial charge in [-0.05, 0) is 80.1 Å². The number of ether oxygens (including phenoxy) is 2. The summed E-state index contributed by atoms with van der Waals surface area (Å²) < 4.78 is 11.8. The summed E-state index contributed by atoms with van der Waals surface area (Å²) in [6.07, 6.45) is 4.42. The van der Waals surface area contributed by atoms with Crippen LogP contribution in [0, 0.1) is 0 Å². The molecular weight excluding hydrogens is 536 g/mol. The quantitative estimate of drug-likeness (QED) is 0.384. The summed E-state index contributed by atoms with van der Waals surface area (Å²) in [5.74, 6) is -0.217. The molecule has 0 saturated heterocycles. The van der Waals surface area contributed by atoms with E-state index in [1.165, 1.54) is 12.1 Å². The van der Waals surface area contributed by atoms with Gasteiger partial charge in [0.25, 0.3) is 17.7 Å². The molecule has 0 bridgehead atoms. The molecule has 216 valence electrons. The number of fused-ring (bicyclic) bond motifs is 2. The number of carbonyl (C=O) groups is 4. The first kappa shape index (κ1) is 27.5. The van der Waals surface area contributed by atoms with Crippen LogP contribution in [0.5, 0.6) is 11.5 Å². The van der Waals surface area contributed by atoms with Gasteiger partial charge in [-0.25, -0.2) is 0 Å². The molecule has 2 heterocycles. The molecule has 6 rings (SSSR count). The summed E-state index contributed by atoms with van der Waals surface area (Å²) in [7, 11) is 1.60. The van der Waals surface area contributed by atoms with Gasteiger partial charge >= 0.3 is 0 Å². The van der Waals surface area contributed by atoms with Crippen molar-refractivity contribution in [2.45, 2.75) is 51.3 Å². The Balaban J connectivity index is 1.23. The monoisotopic (exact) mass is 568 g/mol. The molecule has 3 aromatic carbocycles. The molecule has 1 unspecified atom stereocenters. The van der Waals surface area contributed by atoms with E-state index < -0.39 is 17.7 Å². The third-order valence-electron chi connectivity index (χ3n) is 8.21. The van der Waals surface area contributed by atoms with E-state index in [9.17, 15) is 19.2 Å². The van der Waals surface area contributed by atoms with Crippen LogP contribution in [0.3, 0.4) is 0 Å². The van der Waals surface area contributed by atoms with E-state index >= 15 is 0 Å². The van der Waals surface area contributed by atoms with Crippen LogP contribution in [-0.2, 0) is 11.3 Å². The van der Waals surface area contributed by atoms with Gasteiger partial charge in [0.05, 0.1) is 43.5 Å². The molecule has 1 fully saturated rings. The number of imide groups is 1. The predicted octanol–water partition coefficient (Wildman–Crippen LogP) is 4.43. The molecule has 1 saturated carbocycles. The van der Waals surface area contributed by atoms with Gasteiger partial charge in [-0.1, -0.05) is 12.1 Å². The van der Waals surface area contributed by atoms with E-state index in [1.54, 1.807) is 24.1 Å². The van der Waals surface area contributed by atoms with Crippen molar-refractivity contribution in [1.82, 2.24) is 4.90 Å². The largest absolute Gasteiger partial charge is 0.493 e. The third kappa shape index (κ3) is 4.77. The second-order valence-corrected chi connectivity index (χ2v) is 10.8. The van der Waals surface area contributed by atoms with Crippen LogP contribution in [0.4, 0.5) is 11.4 Å². The molecular formula is C32H32N4O6. The summed E-state index contributed by atoms with van der Waals surface area (Å²) in [6.45, 7) is 1.78.